The summed E-state index contributed by atoms with van der Waals surface area (Å²) in [6.45, 7) is 0.710. The Morgan fingerprint density at radius 1 is 1.70 bits per heavy atom. The maximum atomic E-state index is 9.10. The molecule has 1 fully saturated rings. The van der Waals surface area contributed by atoms with Gasteiger partial charge in [0.25, 0.3) is 0 Å². The third-order valence-electron chi connectivity index (χ3n) is 2.12. The second kappa shape index (κ2) is 2.26. The van der Waals surface area contributed by atoms with E-state index in [2.05, 4.69) is 20.0 Å². The summed E-state index contributed by atoms with van der Waals surface area (Å²) in [6, 6.07) is 0.385. The van der Waals surface area contributed by atoms with Gasteiger partial charge in [0.1, 0.15) is 18.7 Å². The number of aliphatic hydroxyl groups excluding tert-OH is 1. The molecule has 1 aliphatic carbocycles. The Kier molecular flexibility index (Phi) is 1.72. The number of likely N-dealkylation sites (N-methyl/N-ethyl adjacent to an activating group) is 1. The topological polar surface area (TPSA) is 20.2 Å². The van der Waals surface area contributed by atoms with Gasteiger partial charge >= 0.3 is 0 Å². The lowest BCUT2D eigenvalue weighted by Crippen LogP contribution is -2.43. The summed E-state index contributed by atoms with van der Waals surface area (Å²) in [5, 5.41) is 9.10. The SMILES string of the molecule is C#CC[N+](C)(C)C1CC1O. The largest absolute Gasteiger partial charge is 0.387 e. The smallest absolute Gasteiger partial charge is 0.140 e. The molecule has 0 spiro atoms. The number of hydrogen-bond acceptors (Lipinski definition) is 1. The summed E-state index contributed by atoms with van der Waals surface area (Å²) >= 11 is 0. The average Bonchev–Trinajstić information content (AvgIpc) is 2.46. The van der Waals surface area contributed by atoms with E-state index >= 15 is 0 Å². The zero-order valence-electron chi connectivity index (χ0n) is 6.54. The van der Waals surface area contributed by atoms with Crippen molar-refractivity contribution in [2.45, 2.75) is 18.6 Å². The lowest BCUT2D eigenvalue weighted by Gasteiger charge is -2.27. The molecule has 1 aliphatic rings. The Labute approximate surface area is 62.1 Å². The third kappa shape index (κ3) is 1.31. The molecule has 0 aromatic rings. The van der Waals surface area contributed by atoms with E-state index < -0.39 is 0 Å². The van der Waals surface area contributed by atoms with Gasteiger partial charge in [-0.1, -0.05) is 0 Å². The summed E-state index contributed by atoms with van der Waals surface area (Å²) in [4.78, 5) is 0. The summed E-state index contributed by atoms with van der Waals surface area (Å²) in [5.74, 6) is 2.61. The van der Waals surface area contributed by atoms with Crippen molar-refractivity contribution < 1.29 is 9.59 Å². The minimum absolute atomic E-state index is 0.108. The normalized spacial score (nSPS) is 31.4. The molecular weight excluding hydrogens is 126 g/mol. The highest BCUT2D eigenvalue weighted by molar-refractivity contribution is 4.91. The van der Waals surface area contributed by atoms with Gasteiger partial charge in [-0.3, -0.25) is 0 Å². The number of terminal acetylenes is 1. The van der Waals surface area contributed by atoms with Gasteiger partial charge in [-0.2, -0.15) is 0 Å². The third-order valence-corrected chi connectivity index (χ3v) is 2.12. The fourth-order valence-corrected chi connectivity index (χ4v) is 1.27. The Balaban J connectivity index is 2.45. The molecule has 1 saturated carbocycles. The van der Waals surface area contributed by atoms with Crippen molar-refractivity contribution in [2.75, 3.05) is 20.6 Å². The standard InChI is InChI=1S/C8H14NO/c1-4-5-9(2,3)7-6-8(7)10/h1,7-8,10H,5-6H2,2-3H3/q+1. The van der Waals surface area contributed by atoms with Gasteiger partial charge in [0.05, 0.1) is 14.1 Å². The predicted octanol–water partition coefficient (Wildman–Crippen LogP) is -0.171. The summed E-state index contributed by atoms with van der Waals surface area (Å²) in [6.07, 6.45) is 5.98. The molecule has 0 radical (unpaired) electrons. The van der Waals surface area contributed by atoms with Crippen LogP contribution in [-0.2, 0) is 0 Å². The molecule has 2 heteroatoms. The highest BCUT2D eigenvalue weighted by Gasteiger charge is 2.47. The van der Waals surface area contributed by atoms with Crippen LogP contribution in [0.5, 0.6) is 0 Å². The second-order valence-electron chi connectivity index (χ2n) is 3.51. The quantitative estimate of drug-likeness (QED) is 0.417. The van der Waals surface area contributed by atoms with Crippen molar-refractivity contribution in [2.24, 2.45) is 0 Å². The molecule has 0 bridgehead atoms. The van der Waals surface area contributed by atoms with Crippen molar-refractivity contribution in [1.29, 1.82) is 0 Å². The van der Waals surface area contributed by atoms with E-state index in [1.165, 1.54) is 0 Å². The first kappa shape index (κ1) is 7.59. The molecule has 2 unspecified atom stereocenters. The molecule has 0 saturated heterocycles. The Morgan fingerprint density at radius 3 is 2.50 bits per heavy atom. The van der Waals surface area contributed by atoms with Crippen LogP contribution in [0.1, 0.15) is 6.42 Å². The molecule has 2 atom stereocenters. The monoisotopic (exact) mass is 140 g/mol. The summed E-state index contributed by atoms with van der Waals surface area (Å²) in [7, 11) is 4.11. The van der Waals surface area contributed by atoms with Crippen LogP contribution in [0.2, 0.25) is 0 Å². The van der Waals surface area contributed by atoms with E-state index in [1.807, 2.05) is 0 Å². The molecule has 0 aliphatic heterocycles. The van der Waals surface area contributed by atoms with Crippen LogP contribution in [0.15, 0.2) is 0 Å². The lowest BCUT2D eigenvalue weighted by molar-refractivity contribution is -0.895. The minimum Gasteiger partial charge on any atom is -0.387 e. The van der Waals surface area contributed by atoms with Crippen LogP contribution < -0.4 is 0 Å². The van der Waals surface area contributed by atoms with Crippen LogP contribution in [0, 0.1) is 12.3 Å². The van der Waals surface area contributed by atoms with E-state index in [4.69, 9.17) is 11.5 Å². The van der Waals surface area contributed by atoms with Gasteiger partial charge in [-0.15, -0.1) is 6.42 Å². The number of aliphatic hydroxyl groups is 1. The number of quaternary nitrogens is 1. The molecule has 1 N–H and O–H groups in total. The fourth-order valence-electron chi connectivity index (χ4n) is 1.27. The van der Waals surface area contributed by atoms with Crippen LogP contribution in [0.25, 0.3) is 0 Å². The zero-order chi connectivity index (χ0) is 7.78. The Bertz CT molecular complexity index is 169. The Morgan fingerprint density at radius 2 is 2.20 bits per heavy atom. The highest BCUT2D eigenvalue weighted by Crippen LogP contribution is 2.30. The molecule has 0 aromatic heterocycles. The van der Waals surface area contributed by atoms with Crippen LogP contribution in [0.3, 0.4) is 0 Å². The van der Waals surface area contributed by atoms with Gasteiger partial charge in [0, 0.05) is 6.42 Å². The number of hydrogen-bond donors (Lipinski definition) is 1. The van der Waals surface area contributed by atoms with E-state index in [9.17, 15) is 0 Å². The van der Waals surface area contributed by atoms with Crippen LogP contribution >= 0.6 is 0 Å². The van der Waals surface area contributed by atoms with Crippen molar-refractivity contribution in [3.8, 4) is 12.3 Å². The maximum Gasteiger partial charge on any atom is 0.140 e. The van der Waals surface area contributed by atoms with Crippen molar-refractivity contribution in [3.63, 3.8) is 0 Å². The van der Waals surface area contributed by atoms with Crippen LogP contribution in [-0.4, -0.2) is 42.4 Å². The first-order valence-electron chi connectivity index (χ1n) is 3.52. The van der Waals surface area contributed by atoms with Crippen molar-refractivity contribution >= 4 is 0 Å². The van der Waals surface area contributed by atoms with Gasteiger partial charge in [0.2, 0.25) is 0 Å². The van der Waals surface area contributed by atoms with Gasteiger partial charge in [-0.25, -0.2) is 0 Å². The van der Waals surface area contributed by atoms with E-state index in [1.54, 1.807) is 0 Å². The summed E-state index contributed by atoms with van der Waals surface area (Å²) < 4.78 is 0.762. The molecule has 1 rings (SSSR count). The molecule has 10 heavy (non-hydrogen) atoms. The van der Waals surface area contributed by atoms with Crippen molar-refractivity contribution in [3.05, 3.63) is 0 Å². The molecule has 2 nitrogen and oxygen atoms in total. The fraction of sp³-hybridized carbons (Fsp3) is 0.750. The Hall–Kier alpha value is -0.520. The average molecular weight is 140 g/mol. The van der Waals surface area contributed by atoms with E-state index in [-0.39, 0.29) is 6.10 Å². The van der Waals surface area contributed by atoms with E-state index in [0.717, 1.165) is 10.9 Å². The second-order valence-corrected chi connectivity index (χ2v) is 3.51. The van der Waals surface area contributed by atoms with Crippen LogP contribution in [0.4, 0.5) is 0 Å². The first-order chi connectivity index (χ1) is 4.58. The maximum absolute atomic E-state index is 9.10. The van der Waals surface area contributed by atoms with Gasteiger partial charge in [0.15, 0.2) is 0 Å². The molecular formula is C8H14NO+. The lowest BCUT2D eigenvalue weighted by atomic mass is 10.4. The first-order valence-corrected chi connectivity index (χ1v) is 3.52. The summed E-state index contributed by atoms with van der Waals surface area (Å²) in [5.41, 5.74) is 0. The van der Waals surface area contributed by atoms with E-state index in [0.29, 0.717) is 12.6 Å². The number of nitrogens with zero attached hydrogens (tertiary/aromatic N) is 1. The highest BCUT2D eigenvalue weighted by atomic mass is 16.3. The zero-order valence-corrected chi connectivity index (χ0v) is 6.54. The van der Waals surface area contributed by atoms with Gasteiger partial charge < -0.3 is 9.59 Å². The number of rotatable bonds is 2. The molecule has 56 valence electrons. The minimum atomic E-state index is -0.108. The molecule has 0 heterocycles. The molecule has 0 amide bonds. The molecule has 0 aromatic carbocycles. The van der Waals surface area contributed by atoms with Gasteiger partial charge in [-0.05, 0) is 5.92 Å². The predicted molar refractivity (Wildman–Crippen MR) is 40.2 cm³/mol. The van der Waals surface area contributed by atoms with Crippen molar-refractivity contribution in [1.82, 2.24) is 0 Å².